The van der Waals surface area contributed by atoms with Gasteiger partial charge in [-0.25, -0.2) is 0 Å². The van der Waals surface area contributed by atoms with Crippen molar-refractivity contribution in [2.24, 2.45) is 10.9 Å². The van der Waals surface area contributed by atoms with Gasteiger partial charge in [-0.05, 0) is 25.2 Å². The molecule has 1 saturated heterocycles. The van der Waals surface area contributed by atoms with E-state index in [1.54, 1.807) is 0 Å². The standard InChI is InChI=1S/C12H21N3O/c1-2-8-13-12-14-10(11(16)15-12)9-6-4-3-5-7-9/h9-10H,2-8H2,1H3,(H2,13,14,15,16). The summed E-state index contributed by atoms with van der Waals surface area (Å²) >= 11 is 0. The highest BCUT2D eigenvalue weighted by Gasteiger charge is 2.35. The molecule has 1 amide bonds. The molecule has 4 heteroatoms. The Balaban J connectivity index is 1.93. The Labute approximate surface area is 96.9 Å². The molecule has 16 heavy (non-hydrogen) atoms. The van der Waals surface area contributed by atoms with E-state index in [0.717, 1.165) is 13.0 Å². The number of nitrogens with one attached hydrogen (secondary N) is 2. The number of nitrogens with zero attached hydrogens (tertiary/aromatic N) is 1. The molecular weight excluding hydrogens is 202 g/mol. The molecule has 0 spiro atoms. The third kappa shape index (κ3) is 2.54. The minimum absolute atomic E-state index is 0.0316. The third-order valence-corrected chi connectivity index (χ3v) is 3.43. The van der Waals surface area contributed by atoms with Crippen LogP contribution >= 0.6 is 0 Å². The normalized spacial score (nSPS) is 29.2. The molecular formula is C12H21N3O. The molecule has 0 aromatic heterocycles. The van der Waals surface area contributed by atoms with E-state index in [1.165, 1.54) is 32.1 Å². The fraction of sp³-hybridized carbons (Fsp3) is 0.833. The first-order valence-corrected chi connectivity index (χ1v) is 6.43. The molecule has 90 valence electrons. The molecule has 1 heterocycles. The molecule has 2 aliphatic rings. The molecule has 2 fully saturated rings. The van der Waals surface area contributed by atoms with Gasteiger partial charge >= 0.3 is 0 Å². The molecule has 2 rings (SSSR count). The van der Waals surface area contributed by atoms with Gasteiger partial charge in [-0.1, -0.05) is 26.2 Å². The molecule has 1 aliphatic heterocycles. The number of rotatable bonds is 3. The second-order valence-electron chi connectivity index (χ2n) is 4.74. The smallest absolute Gasteiger partial charge is 0.249 e. The number of carbonyl (C=O) groups excluding carboxylic acids is 1. The van der Waals surface area contributed by atoms with E-state index in [1.807, 2.05) is 0 Å². The van der Waals surface area contributed by atoms with E-state index in [2.05, 4.69) is 22.5 Å². The average molecular weight is 223 g/mol. The van der Waals surface area contributed by atoms with Gasteiger partial charge in [-0.2, -0.15) is 0 Å². The zero-order valence-electron chi connectivity index (χ0n) is 9.96. The first kappa shape index (κ1) is 11.4. The maximum Gasteiger partial charge on any atom is 0.249 e. The van der Waals surface area contributed by atoms with Crippen molar-refractivity contribution < 1.29 is 4.79 Å². The van der Waals surface area contributed by atoms with Gasteiger partial charge in [0.1, 0.15) is 6.04 Å². The van der Waals surface area contributed by atoms with Crippen molar-refractivity contribution in [2.75, 3.05) is 6.54 Å². The van der Waals surface area contributed by atoms with Gasteiger partial charge in [0, 0.05) is 6.54 Å². The Kier molecular flexibility index (Phi) is 3.80. The molecule has 0 bridgehead atoms. The Morgan fingerprint density at radius 2 is 2.06 bits per heavy atom. The maximum absolute atomic E-state index is 11.8. The minimum Gasteiger partial charge on any atom is -0.344 e. The number of amides is 1. The lowest BCUT2D eigenvalue weighted by Crippen LogP contribution is -2.38. The van der Waals surface area contributed by atoms with Gasteiger partial charge in [0.15, 0.2) is 5.96 Å². The van der Waals surface area contributed by atoms with Crippen molar-refractivity contribution in [3.8, 4) is 0 Å². The zero-order chi connectivity index (χ0) is 11.4. The highest BCUT2D eigenvalue weighted by molar-refractivity contribution is 6.06. The molecule has 0 aromatic rings. The second kappa shape index (κ2) is 5.32. The Bertz CT molecular complexity index is 282. The van der Waals surface area contributed by atoms with Crippen molar-refractivity contribution in [2.45, 2.75) is 51.5 Å². The molecule has 1 unspecified atom stereocenters. The zero-order valence-corrected chi connectivity index (χ0v) is 9.96. The number of hydrogen-bond donors (Lipinski definition) is 2. The van der Waals surface area contributed by atoms with Crippen LogP contribution < -0.4 is 10.6 Å². The van der Waals surface area contributed by atoms with Gasteiger partial charge < -0.3 is 5.32 Å². The Morgan fingerprint density at radius 3 is 2.75 bits per heavy atom. The lowest BCUT2D eigenvalue weighted by atomic mass is 9.84. The van der Waals surface area contributed by atoms with Gasteiger partial charge in [-0.3, -0.25) is 15.1 Å². The Hall–Kier alpha value is -1.06. The first-order chi connectivity index (χ1) is 7.81. The molecule has 0 radical (unpaired) electrons. The van der Waals surface area contributed by atoms with E-state index in [9.17, 15) is 4.79 Å². The summed E-state index contributed by atoms with van der Waals surface area (Å²) in [4.78, 5) is 16.1. The minimum atomic E-state index is -0.0316. The molecule has 1 aliphatic carbocycles. The number of guanidine groups is 1. The van der Waals surface area contributed by atoms with Crippen molar-refractivity contribution in [1.82, 2.24) is 10.6 Å². The highest BCUT2D eigenvalue weighted by atomic mass is 16.2. The predicted octanol–water partition coefficient (Wildman–Crippen LogP) is 1.42. The number of aliphatic imine (C=N–C) groups is 1. The van der Waals surface area contributed by atoms with E-state index in [0.29, 0.717) is 11.9 Å². The van der Waals surface area contributed by atoms with Crippen molar-refractivity contribution in [1.29, 1.82) is 0 Å². The van der Waals surface area contributed by atoms with Crippen LogP contribution in [0.4, 0.5) is 0 Å². The third-order valence-electron chi connectivity index (χ3n) is 3.43. The maximum atomic E-state index is 11.8. The van der Waals surface area contributed by atoms with Gasteiger partial charge in [0.2, 0.25) is 5.91 Å². The lowest BCUT2D eigenvalue weighted by molar-refractivity contribution is -0.121. The van der Waals surface area contributed by atoms with Crippen LogP contribution in [-0.2, 0) is 4.79 Å². The van der Waals surface area contributed by atoms with Crippen LogP contribution in [0.25, 0.3) is 0 Å². The first-order valence-electron chi connectivity index (χ1n) is 6.43. The van der Waals surface area contributed by atoms with E-state index in [-0.39, 0.29) is 11.9 Å². The summed E-state index contributed by atoms with van der Waals surface area (Å²) in [7, 11) is 0. The lowest BCUT2D eigenvalue weighted by Gasteiger charge is -2.25. The Morgan fingerprint density at radius 1 is 1.31 bits per heavy atom. The van der Waals surface area contributed by atoms with Crippen molar-refractivity contribution in [3.05, 3.63) is 0 Å². The van der Waals surface area contributed by atoms with E-state index < -0.39 is 0 Å². The van der Waals surface area contributed by atoms with Crippen LogP contribution in [0.2, 0.25) is 0 Å². The summed E-state index contributed by atoms with van der Waals surface area (Å²) in [6.45, 7) is 2.86. The van der Waals surface area contributed by atoms with Gasteiger partial charge in [0.25, 0.3) is 0 Å². The van der Waals surface area contributed by atoms with Crippen molar-refractivity contribution in [3.63, 3.8) is 0 Å². The fourth-order valence-electron chi connectivity index (χ4n) is 2.55. The van der Waals surface area contributed by atoms with E-state index in [4.69, 9.17) is 0 Å². The van der Waals surface area contributed by atoms with Crippen LogP contribution in [-0.4, -0.2) is 24.5 Å². The van der Waals surface area contributed by atoms with Crippen molar-refractivity contribution >= 4 is 11.9 Å². The molecule has 1 atom stereocenters. The highest BCUT2D eigenvalue weighted by Crippen LogP contribution is 2.27. The summed E-state index contributed by atoms with van der Waals surface area (Å²) in [5, 5.41) is 6.07. The van der Waals surface area contributed by atoms with E-state index >= 15 is 0 Å². The number of carbonyl (C=O) groups is 1. The molecule has 1 saturated carbocycles. The van der Waals surface area contributed by atoms with Crippen LogP contribution in [0.1, 0.15) is 45.4 Å². The van der Waals surface area contributed by atoms with Gasteiger partial charge in [0.05, 0.1) is 0 Å². The summed E-state index contributed by atoms with van der Waals surface area (Å²) in [5.74, 6) is 1.30. The quantitative estimate of drug-likeness (QED) is 0.760. The fourth-order valence-corrected chi connectivity index (χ4v) is 2.55. The molecule has 0 aromatic carbocycles. The summed E-state index contributed by atoms with van der Waals surface area (Å²) in [6.07, 6.45) is 7.20. The average Bonchev–Trinajstić information content (AvgIpc) is 2.69. The van der Waals surface area contributed by atoms with Crippen LogP contribution in [0.3, 0.4) is 0 Å². The predicted molar refractivity (Wildman–Crippen MR) is 64.2 cm³/mol. The topological polar surface area (TPSA) is 53.5 Å². The SMILES string of the molecule is CCCN=C1NC(=O)C(C2CCCCC2)N1. The van der Waals surface area contributed by atoms with Crippen LogP contribution in [0, 0.1) is 5.92 Å². The summed E-state index contributed by atoms with van der Waals surface area (Å²) < 4.78 is 0. The summed E-state index contributed by atoms with van der Waals surface area (Å²) in [5.41, 5.74) is 0. The second-order valence-corrected chi connectivity index (χ2v) is 4.74. The van der Waals surface area contributed by atoms with Gasteiger partial charge in [-0.15, -0.1) is 0 Å². The summed E-state index contributed by atoms with van der Waals surface area (Å²) in [6, 6.07) is -0.0316. The number of hydrogen-bond acceptors (Lipinski definition) is 2. The largest absolute Gasteiger partial charge is 0.344 e. The van der Waals surface area contributed by atoms with Crippen LogP contribution in [0.15, 0.2) is 4.99 Å². The van der Waals surface area contributed by atoms with Crippen LogP contribution in [0.5, 0.6) is 0 Å². The molecule has 2 N–H and O–H groups in total. The monoisotopic (exact) mass is 223 g/mol. The molecule has 4 nitrogen and oxygen atoms in total.